The smallest absolute Gasteiger partial charge is 0.288 e. The van der Waals surface area contributed by atoms with Gasteiger partial charge < -0.3 is 10.1 Å². The molecule has 0 saturated carbocycles. The van der Waals surface area contributed by atoms with Gasteiger partial charge in [-0.05, 0) is 12.8 Å². The highest BCUT2D eigenvalue weighted by atomic mass is 16.5. The molecule has 4 nitrogen and oxygen atoms in total. The van der Waals surface area contributed by atoms with Crippen LogP contribution in [0.25, 0.3) is 0 Å². The van der Waals surface area contributed by atoms with Gasteiger partial charge in [0.15, 0.2) is 0 Å². The summed E-state index contributed by atoms with van der Waals surface area (Å²) >= 11 is 0. The zero-order chi connectivity index (χ0) is 8.60. The summed E-state index contributed by atoms with van der Waals surface area (Å²) in [5.74, 6) is -0.664. The van der Waals surface area contributed by atoms with Gasteiger partial charge in [0.1, 0.15) is 0 Å². The lowest BCUT2D eigenvalue weighted by Crippen LogP contribution is -2.37. The first-order valence-corrected chi connectivity index (χ1v) is 4.15. The number of hydrogen-bond acceptors (Lipinski definition) is 3. The molecule has 66 valence electrons. The summed E-state index contributed by atoms with van der Waals surface area (Å²) in [6.07, 6.45) is 1.37. The quantitative estimate of drug-likeness (QED) is 0.496. The van der Waals surface area contributed by atoms with Gasteiger partial charge in [-0.2, -0.15) is 0 Å². The third kappa shape index (κ3) is 0.948. The minimum absolute atomic E-state index is 0.245. The zero-order valence-electron chi connectivity index (χ0n) is 6.76. The average molecular weight is 169 g/mol. The highest BCUT2D eigenvalue weighted by Gasteiger charge is 2.48. The Morgan fingerprint density at radius 2 is 1.92 bits per heavy atom. The number of carbonyl (C=O) groups excluding carboxylic acids is 2. The first kappa shape index (κ1) is 7.73. The van der Waals surface area contributed by atoms with E-state index in [2.05, 4.69) is 5.32 Å². The Morgan fingerprint density at radius 3 is 2.42 bits per heavy atom. The molecular formula is C8H11NO3. The topological polar surface area (TPSA) is 55.4 Å². The average Bonchev–Trinajstić information content (AvgIpc) is 2.37. The normalized spacial score (nSPS) is 27.7. The van der Waals surface area contributed by atoms with Crippen molar-refractivity contribution in [3.05, 3.63) is 0 Å². The van der Waals surface area contributed by atoms with Crippen LogP contribution in [0.1, 0.15) is 12.8 Å². The molecular weight excluding hydrogens is 158 g/mol. The van der Waals surface area contributed by atoms with Crippen molar-refractivity contribution in [2.24, 2.45) is 5.41 Å². The predicted octanol–water partition coefficient (Wildman–Crippen LogP) is -0.518. The molecule has 2 aliphatic rings. The number of nitrogens with one attached hydrogen (secondary N) is 1. The lowest BCUT2D eigenvalue weighted by atomic mass is 9.78. The van der Waals surface area contributed by atoms with E-state index in [1.165, 1.54) is 0 Å². The van der Waals surface area contributed by atoms with Crippen molar-refractivity contribution in [1.82, 2.24) is 5.32 Å². The Bertz CT molecular complexity index is 230. The Hall–Kier alpha value is -0.900. The maximum absolute atomic E-state index is 11.4. The second-order valence-corrected chi connectivity index (χ2v) is 3.40. The van der Waals surface area contributed by atoms with Crippen LogP contribution in [0.4, 0.5) is 0 Å². The van der Waals surface area contributed by atoms with Gasteiger partial charge in [-0.25, -0.2) is 0 Å². The van der Waals surface area contributed by atoms with Crippen molar-refractivity contribution >= 4 is 11.7 Å². The summed E-state index contributed by atoms with van der Waals surface area (Å²) in [6.45, 7) is 1.70. The monoisotopic (exact) mass is 169 g/mol. The molecule has 0 atom stereocenters. The second-order valence-electron chi connectivity index (χ2n) is 3.40. The van der Waals surface area contributed by atoms with Gasteiger partial charge in [0.25, 0.3) is 5.91 Å². The van der Waals surface area contributed by atoms with Gasteiger partial charge in [0.2, 0.25) is 5.78 Å². The minimum Gasteiger partial charge on any atom is -0.381 e. The summed E-state index contributed by atoms with van der Waals surface area (Å²) in [5, 5.41) is 2.59. The SMILES string of the molecule is O=C1NCC2(CCOCC2)C1=O. The summed E-state index contributed by atoms with van der Waals surface area (Å²) in [4.78, 5) is 22.4. The lowest BCUT2D eigenvalue weighted by molar-refractivity contribution is -0.141. The fourth-order valence-electron chi connectivity index (χ4n) is 1.82. The third-order valence-electron chi connectivity index (χ3n) is 2.73. The van der Waals surface area contributed by atoms with Crippen LogP contribution in [0.2, 0.25) is 0 Å². The van der Waals surface area contributed by atoms with E-state index in [1.54, 1.807) is 0 Å². The van der Waals surface area contributed by atoms with Crippen LogP contribution in [0, 0.1) is 5.41 Å². The van der Waals surface area contributed by atoms with Gasteiger partial charge in [-0.15, -0.1) is 0 Å². The zero-order valence-corrected chi connectivity index (χ0v) is 6.76. The van der Waals surface area contributed by atoms with Crippen LogP contribution < -0.4 is 5.32 Å². The number of amides is 1. The molecule has 4 heteroatoms. The lowest BCUT2D eigenvalue weighted by Gasteiger charge is -2.29. The molecule has 0 aromatic rings. The fourth-order valence-corrected chi connectivity index (χ4v) is 1.82. The highest BCUT2D eigenvalue weighted by molar-refractivity contribution is 6.40. The first-order valence-electron chi connectivity index (χ1n) is 4.15. The molecule has 2 rings (SSSR count). The van der Waals surface area contributed by atoms with Crippen molar-refractivity contribution in [2.75, 3.05) is 19.8 Å². The fraction of sp³-hybridized carbons (Fsp3) is 0.750. The maximum Gasteiger partial charge on any atom is 0.288 e. The van der Waals surface area contributed by atoms with Crippen LogP contribution in [0.3, 0.4) is 0 Å². The number of Topliss-reactive ketones (excluding diaryl/α,β-unsaturated/α-hetero) is 1. The summed E-state index contributed by atoms with van der Waals surface area (Å²) in [6, 6.07) is 0. The van der Waals surface area contributed by atoms with E-state index in [0.29, 0.717) is 32.6 Å². The van der Waals surface area contributed by atoms with Crippen molar-refractivity contribution in [2.45, 2.75) is 12.8 Å². The summed E-state index contributed by atoms with van der Waals surface area (Å²) < 4.78 is 5.15. The molecule has 0 aromatic heterocycles. The maximum atomic E-state index is 11.4. The van der Waals surface area contributed by atoms with E-state index < -0.39 is 11.3 Å². The van der Waals surface area contributed by atoms with Crippen molar-refractivity contribution in [1.29, 1.82) is 0 Å². The van der Waals surface area contributed by atoms with E-state index in [0.717, 1.165) is 0 Å². The van der Waals surface area contributed by atoms with Crippen LogP contribution in [-0.4, -0.2) is 31.4 Å². The number of rotatable bonds is 0. The number of ketones is 1. The van der Waals surface area contributed by atoms with Crippen LogP contribution in [-0.2, 0) is 14.3 Å². The van der Waals surface area contributed by atoms with Crippen molar-refractivity contribution in [3.63, 3.8) is 0 Å². The van der Waals surface area contributed by atoms with Crippen LogP contribution in [0.5, 0.6) is 0 Å². The molecule has 0 unspecified atom stereocenters. The predicted molar refractivity (Wildman–Crippen MR) is 40.5 cm³/mol. The van der Waals surface area contributed by atoms with Gasteiger partial charge in [-0.3, -0.25) is 9.59 Å². The number of hydrogen-bond donors (Lipinski definition) is 1. The molecule has 1 N–H and O–H groups in total. The summed E-state index contributed by atoms with van der Waals surface area (Å²) in [7, 11) is 0. The van der Waals surface area contributed by atoms with Crippen molar-refractivity contribution < 1.29 is 14.3 Å². The molecule has 2 aliphatic heterocycles. The van der Waals surface area contributed by atoms with Gasteiger partial charge in [-0.1, -0.05) is 0 Å². The minimum atomic E-state index is -0.421. The molecule has 2 heterocycles. The molecule has 1 amide bonds. The van der Waals surface area contributed by atoms with E-state index >= 15 is 0 Å². The Morgan fingerprint density at radius 1 is 1.25 bits per heavy atom. The van der Waals surface area contributed by atoms with E-state index in [-0.39, 0.29) is 5.78 Å². The molecule has 0 bridgehead atoms. The molecule has 1 spiro atoms. The molecule has 2 saturated heterocycles. The van der Waals surface area contributed by atoms with E-state index in [9.17, 15) is 9.59 Å². The second kappa shape index (κ2) is 2.55. The largest absolute Gasteiger partial charge is 0.381 e. The van der Waals surface area contributed by atoms with Crippen LogP contribution in [0.15, 0.2) is 0 Å². The van der Waals surface area contributed by atoms with Gasteiger partial charge in [0, 0.05) is 19.8 Å². The van der Waals surface area contributed by atoms with Crippen molar-refractivity contribution in [3.8, 4) is 0 Å². The molecule has 12 heavy (non-hydrogen) atoms. The molecule has 2 fully saturated rings. The van der Waals surface area contributed by atoms with Gasteiger partial charge in [0.05, 0.1) is 5.41 Å². The van der Waals surface area contributed by atoms with E-state index in [1.807, 2.05) is 0 Å². The Kier molecular flexibility index (Phi) is 1.65. The summed E-state index contributed by atoms with van der Waals surface area (Å²) in [5.41, 5.74) is -0.421. The molecule has 0 aromatic carbocycles. The van der Waals surface area contributed by atoms with Crippen LogP contribution >= 0.6 is 0 Å². The Balaban J connectivity index is 2.19. The van der Waals surface area contributed by atoms with E-state index in [4.69, 9.17) is 4.74 Å². The van der Waals surface area contributed by atoms with Gasteiger partial charge >= 0.3 is 0 Å². The standard InChI is InChI=1S/C8H11NO3/c10-6-7(11)9-5-8(6)1-3-12-4-2-8/h1-5H2,(H,9,11). The number of ether oxygens (including phenoxy) is 1. The molecule has 0 radical (unpaired) electrons. The highest BCUT2D eigenvalue weighted by Crippen LogP contribution is 2.33. The Labute approximate surface area is 70.3 Å². The number of carbonyl (C=O) groups is 2. The molecule has 0 aliphatic carbocycles. The first-order chi connectivity index (χ1) is 5.75. The third-order valence-corrected chi connectivity index (χ3v) is 2.73.